The van der Waals surface area contributed by atoms with E-state index in [4.69, 9.17) is 0 Å². The van der Waals surface area contributed by atoms with Crippen LogP contribution >= 0.6 is 0 Å². The Morgan fingerprint density at radius 3 is 2.02 bits per heavy atom. The van der Waals surface area contributed by atoms with Gasteiger partial charge in [0.05, 0.1) is 24.1 Å². The lowest BCUT2D eigenvalue weighted by Crippen LogP contribution is -2.36. The molecule has 0 atom stereocenters. The maximum Gasteiger partial charge on any atom is 0.573 e. The molecule has 1 aromatic heterocycles. The van der Waals surface area contributed by atoms with Crippen molar-refractivity contribution in [1.82, 2.24) is 20.2 Å². The van der Waals surface area contributed by atoms with Gasteiger partial charge in [0.2, 0.25) is 0 Å². The number of benzene rings is 2. The van der Waals surface area contributed by atoms with Crippen LogP contribution in [0.4, 0.5) is 51.1 Å². The van der Waals surface area contributed by atoms with E-state index in [2.05, 4.69) is 20.1 Å². The highest BCUT2D eigenvalue weighted by Crippen LogP contribution is 2.38. The summed E-state index contributed by atoms with van der Waals surface area (Å²) in [4.78, 5) is 15.6. The number of carboxylic acid groups (broad SMARTS) is 1. The first-order chi connectivity index (χ1) is 22.7. The molecule has 0 bridgehead atoms. The van der Waals surface area contributed by atoms with Gasteiger partial charge in [-0.25, -0.2) is 0 Å². The fourth-order valence-corrected chi connectivity index (χ4v) is 5.94. The molecule has 1 N–H and O–H groups in total. The number of anilines is 2. The topological polar surface area (TPSA) is 96.6 Å². The van der Waals surface area contributed by atoms with Gasteiger partial charge in [0.25, 0.3) is 5.95 Å². The van der Waals surface area contributed by atoms with Crippen LogP contribution in [0, 0.1) is 17.8 Å². The van der Waals surface area contributed by atoms with Gasteiger partial charge in [-0.2, -0.15) is 31.1 Å². The fraction of sp³-hybridized carbons (Fsp3) is 0.548. The molecule has 0 saturated heterocycles. The summed E-state index contributed by atoms with van der Waals surface area (Å²) in [5, 5.41) is 21.1. The maximum absolute atomic E-state index is 13.7. The van der Waals surface area contributed by atoms with Crippen molar-refractivity contribution in [3.8, 4) is 5.75 Å². The second kappa shape index (κ2) is 14.7. The quantitative estimate of drug-likeness (QED) is 0.191. The number of halogens is 9. The Morgan fingerprint density at radius 2 is 1.53 bits per heavy atom. The molecule has 1 heterocycles. The molecule has 1 aliphatic carbocycles. The van der Waals surface area contributed by atoms with E-state index in [-0.39, 0.29) is 36.0 Å². The van der Waals surface area contributed by atoms with Gasteiger partial charge in [0, 0.05) is 31.9 Å². The average Bonchev–Trinajstić information content (AvgIpc) is 3.41. The van der Waals surface area contributed by atoms with Crippen LogP contribution in [-0.4, -0.2) is 50.7 Å². The Hall–Kier alpha value is -4.25. The predicted octanol–water partition coefficient (Wildman–Crippen LogP) is 7.71. The highest BCUT2D eigenvalue weighted by Gasteiger charge is 2.37. The molecule has 4 rings (SSSR count). The van der Waals surface area contributed by atoms with Gasteiger partial charge in [-0.05, 0) is 90.3 Å². The summed E-state index contributed by atoms with van der Waals surface area (Å²) in [5.74, 6) is -2.03. The van der Waals surface area contributed by atoms with E-state index in [1.165, 1.54) is 18.0 Å². The molecule has 0 amide bonds. The van der Waals surface area contributed by atoms with Crippen LogP contribution in [0.15, 0.2) is 36.4 Å². The number of tetrazole rings is 1. The van der Waals surface area contributed by atoms with Crippen LogP contribution < -0.4 is 14.5 Å². The SMILES string of the molecule is CC(C)CN(C[C@H]1CC[C@H](C(=O)O)CC1)c1ccc(OC(F)(F)F)cc1CN(Cc1cc(C(F)(F)F)cc(C(F)(F)F)c1)c1nnn(C)n1. The zero-order valence-electron chi connectivity index (χ0n) is 26.7. The molecule has 1 saturated carbocycles. The molecule has 2 aromatic carbocycles. The van der Waals surface area contributed by atoms with Gasteiger partial charge >= 0.3 is 24.7 Å². The first-order valence-corrected chi connectivity index (χ1v) is 15.3. The predicted molar refractivity (Wildman–Crippen MR) is 158 cm³/mol. The Kier molecular flexibility index (Phi) is 11.3. The zero-order valence-corrected chi connectivity index (χ0v) is 26.7. The van der Waals surface area contributed by atoms with Gasteiger partial charge < -0.3 is 19.6 Å². The monoisotopic (exact) mass is 710 g/mol. The fourth-order valence-electron chi connectivity index (χ4n) is 5.94. The van der Waals surface area contributed by atoms with E-state index in [9.17, 15) is 49.4 Å². The Morgan fingerprint density at radius 1 is 0.918 bits per heavy atom. The number of carbonyl (C=O) groups is 1. The molecule has 18 heteroatoms. The van der Waals surface area contributed by atoms with Crippen molar-refractivity contribution >= 4 is 17.6 Å². The molecule has 3 aromatic rings. The van der Waals surface area contributed by atoms with Crippen molar-refractivity contribution < 1.29 is 54.2 Å². The number of ether oxygens (including phenoxy) is 1. The third-order valence-electron chi connectivity index (χ3n) is 8.05. The van der Waals surface area contributed by atoms with Gasteiger partial charge in [0.15, 0.2) is 0 Å². The lowest BCUT2D eigenvalue weighted by atomic mass is 9.81. The lowest BCUT2D eigenvalue weighted by molar-refractivity contribution is -0.274. The Labute approximate surface area is 275 Å². The summed E-state index contributed by atoms with van der Waals surface area (Å²) in [6.45, 7) is 3.73. The molecule has 0 unspecified atom stereocenters. The van der Waals surface area contributed by atoms with Crippen molar-refractivity contribution in [2.24, 2.45) is 24.8 Å². The molecule has 270 valence electrons. The van der Waals surface area contributed by atoms with Crippen LogP contribution in [0.5, 0.6) is 5.75 Å². The third kappa shape index (κ3) is 10.6. The number of rotatable bonds is 12. The minimum Gasteiger partial charge on any atom is -0.481 e. The van der Waals surface area contributed by atoms with Gasteiger partial charge in [-0.1, -0.05) is 18.9 Å². The largest absolute Gasteiger partial charge is 0.573 e. The summed E-state index contributed by atoms with van der Waals surface area (Å²) in [6.07, 6.45) is -13.2. The molecule has 1 aliphatic rings. The maximum atomic E-state index is 13.7. The third-order valence-corrected chi connectivity index (χ3v) is 8.05. The number of aryl methyl sites for hydroxylation is 1. The summed E-state index contributed by atoms with van der Waals surface area (Å²) in [5.41, 5.74) is -2.85. The van der Waals surface area contributed by atoms with Crippen LogP contribution in [0.1, 0.15) is 61.8 Å². The minimum atomic E-state index is -5.11. The molecule has 49 heavy (non-hydrogen) atoms. The molecular weight excluding hydrogens is 675 g/mol. The second-order valence-electron chi connectivity index (χ2n) is 12.5. The van der Waals surface area contributed by atoms with E-state index in [0.717, 1.165) is 16.9 Å². The number of aromatic nitrogens is 4. The van der Waals surface area contributed by atoms with E-state index < -0.39 is 59.6 Å². The van der Waals surface area contributed by atoms with Gasteiger partial charge in [-0.15, -0.1) is 18.3 Å². The molecule has 0 radical (unpaired) electrons. The highest BCUT2D eigenvalue weighted by atomic mass is 19.4. The molecule has 1 fully saturated rings. The standard InChI is InChI=1S/C31H35F9N6O3/c1-18(2)14-45(15-19-4-6-21(7-5-19)27(47)48)26-9-8-25(49-31(38,39)40)12-22(26)17-46(28-41-43-44(3)42-28)16-20-10-23(29(32,33)34)13-24(11-20)30(35,36)37/h8-13,18-19,21H,4-7,14-17H2,1-3H3,(H,47,48)/t19-,21-. The van der Waals surface area contributed by atoms with Crippen LogP contribution in [-0.2, 0) is 37.3 Å². The number of aliphatic carboxylic acids is 1. The van der Waals surface area contributed by atoms with Crippen LogP contribution in [0.25, 0.3) is 0 Å². The second-order valence-corrected chi connectivity index (χ2v) is 12.5. The first kappa shape index (κ1) is 37.6. The Bertz CT molecular complexity index is 1550. The number of hydrogen-bond acceptors (Lipinski definition) is 7. The molecule has 0 spiro atoms. The molecule has 0 aliphatic heterocycles. The van der Waals surface area contributed by atoms with Gasteiger partial charge in [-0.3, -0.25) is 4.79 Å². The summed E-state index contributed by atoms with van der Waals surface area (Å²) in [6, 6.07) is 4.75. The van der Waals surface area contributed by atoms with E-state index in [0.29, 0.717) is 56.6 Å². The van der Waals surface area contributed by atoms with Gasteiger partial charge in [0.1, 0.15) is 5.75 Å². The van der Waals surface area contributed by atoms with Crippen molar-refractivity contribution in [3.63, 3.8) is 0 Å². The first-order valence-electron chi connectivity index (χ1n) is 15.3. The van der Waals surface area contributed by atoms with E-state index in [1.807, 2.05) is 18.7 Å². The number of carboxylic acids is 1. The average molecular weight is 711 g/mol. The number of alkyl halides is 9. The highest BCUT2D eigenvalue weighted by molar-refractivity contribution is 5.70. The molecular formula is C31H35F9N6O3. The van der Waals surface area contributed by atoms with Crippen LogP contribution in [0.2, 0.25) is 0 Å². The summed E-state index contributed by atoms with van der Waals surface area (Å²) >= 11 is 0. The lowest BCUT2D eigenvalue weighted by Gasteiger charge is -2.35. The van der Waals surface area contributed by atoms with Crippen molar-refractivity contribution in [3.05, 3.63) is 58.7 Å². The van der Waals surface area contributed by atoms with Crippen molar-refractivity contribution in [1.29, 1.82) is 0 Å². The molecule has 9 nitrogen and oxygen atoms in total. The van der Waals surface area contributed by atoms with Crippen molar-refractivity contribution in [2.45, 2.75) is 71.3 Å². The Balaban J connectivity index is 1.78. The summed E-state index contributed by atoms with van der Waals surface area (Å²) < 4.78 is 126. The van der Waals surface area contributed by atoms with Crippen molar-refractivity contribution in [2.75, 3.05) is 22.9 Å². The van der Waals surface area contributed by atoms with E-state index >= 15 is 0 Å². The summed E-state index contributed by atoms with van der Waals surface area (Å²) in [7, 11) is 1.38. The van der Waals surface area contributed by atoms with E-state index in [1.54, 1.807) is 0 Å². The minimum absolute atomic E-state index is 0.00180. The van der Waals surface area contributed by atoms with Crippen LogP contribution in [0.3, 0.4) is 0 Å². The normalized spacial score (nSPS) is 17.3. The smallest absolute Gasteiger partial charge is 0.481 e. The zero-order chi connectivity index (χ0) is 36.3. The number of hydrogen-bond donors (Lipinski definition) is 1. The number of nitrogens with zero attached hydrogens (tertiary/aromatic N) is 6.